The molecule has 1 aromatic rings. The lowest BCUT2D eigenvalue weighted by Crippen LogP contribution is -2.16. The van der Waals surface area contributed by atoms with Crippen LogP contribution in [0.4, 0.5) is 5.82 Å². The predicted molar refractivity (Wildman–Crippen MR) is 65.8 cm³/mol. The van der Waals surface area contributed by atoms with Crippen molar-refractivity contribution in [2.75, 3.05) is 17.1 Å². The normalized spacial score (nSPS) is 10.0. The van der Waals surface area contributed by atoms with E-state index in [1.54, 1.807) is 12.1 Å². The molecule has 7 heteroatoms. The van der Waals surface area contributed by atoms with Gasteiger partial charge in [-0.1, -0.05) is 11.8 Å². The van der Waals surface area contributed by atoms with Crippen LogP contribution in [0.1, 0.15) is 12.0 Å². The summed E-state index contributed by atoms with van der Waals surface area (Å²) in [7, 11) is -3.69. The fraction of sp³-hybridized carbons (Fsp3) is 0.273. The number of rotatable bonds is 4. The molecule has 0 amide bonds. The molecule has 0 radical (unpaired) electrons. The molecule has 0 bridgehead atoms. The molecular formula is C11H11N3O3S. The number of anilines is 1. The number of sulfonamides is 1. The van der Waals surface area contributed by atoms with Gasteiger partial charge in [0.15, 0.2) is 5.75 Å². The van der Waals surface area contributed by atoms with Gasteiger partial charge < -0.3 is 5.11 Å². The van der Waals surface area contributed by atoms with Gasteiger partial charge in [0.05, 0.1) is 12.7 Å². The van der Waals surface area contributed by atoms with E-state index in [0.717, 1.165) is 0 Å². The molecule has 1 heterocycles. The van der Waals surface area contributed by atoms with E-state index in [0.29, 0.717) is 12.0 Å². The first kappa shape index (κ1) is 14.0. The Kier molecular flexibility index (Phi) is 5.12. The molecule has 0 unspecified atom stereocenters. The zero-order valence-corrected chi connectivity index (χ0v) is 10.2. The van der Waals surface area contributed by atoms with Gasteiger partial charge in [-0.3, -0.25) is 4.72 Å². The number of hydrogen-bond acceptors (Lipinski definition) is 5. The second-order valence-electron chi connectivity index (χ2n) is 3.22. The molecule has 0 aliphatic carbocycles. The molecule has 94 valence electrons. The van der Waals surface area contributed by atoms with Crippen molar-refractivity contribution in [1.82, 2.24) is 4.98 Å². The zero-order valence-electron chi connectivity index (χ0n) is 9.42. The van der Waals surface area contributed by atoms with E-state index < -0.39 is 15.8 Å². The second kappa shape index (κ2) is 6.60. The number of pyridine rings is 1. The third-order valence-electron chi connectivity index (χ3n) is 1.74. The van der Waals surface area contributed by atoms with Crippen LogP contribution in [0, 0.1) is 23.2 Å². The lowest BCUT2D eigenvalue weighted by molar-refractivity contribution is 0.305. The molecule has 0 saturated heterocycles. The third kappa shape index (κ3) is 4.83. The van der Waals surface area contributed by atoms with E-state index >= 15 is 0 Å². The van der Waals surface area contributed by atoms with Gasteiger partial charge in [0, 0.05) is 18.2 Å². The lowest BCUT2D eigenvalue weighted by Gasteiger charge is -2.03. The quantitative estimate of drug-likeness (QED) is 0.750. The Morgan fingerprint density at radius 2 is 2.28 bits per heavy atom. The Balaban J connectivity index is 2.85. The maximum atomic E-state index is 11.3. The molecule has 0 saturated carbocycles. The summed E-state index contributed by atoms with van der Waals surface area (Å²) >= 11 is 0. The summed E-state index contributed by atoms with van der Waals surface area (Å²) < 4.78 is 24.8. The Bertz CT molecular complexity index is 608. The highest BCUT2D eigenvalue weighted by Crippen LogP contribution is 2.07. The van der Waals surface area contributed by atoms with Gasteiger partial charge in [-0.2, -0.15) is 5.26 Å². The molecule has 1 rings (SSSR count). The van der Waals surface area contributed by atoms with E-state index in [-0.39, 0.29) is 12.4 Å². The van der Waals surface area contributed by atoms with Gasteiger partial charge in [-0.05, 0) is 12.1 Å². The fourth-order valence-electron chi connectivity index (χ4n) is 1.06. The third-order valence-corrected chi connectivity index (χ3v) is 2.77. The maximum Gasteiger partial charge on any atom is 0.247 e. The lowest BCUT2D eigenvalue weighted by atomic mass is 10.2. The average Bonchev–Trinajstić information content (AvgIpc) is 2.29. The molecule has 18 heavy (non-hydrogen) atoms. The highest BCUT2D eigenvalue weighted by atomic mass is 32.2. The molecular weight excluding hydrogens is 254 g/mol. The monoisotopic (exact) mass is 265 g/mol. The zero-order chi connectivity index (χ0) is 13.4. The number of nitrogens with zero attached hydrogens (tertiary/aromatic N) is 2. The largest absolute Gasteiger partial charge is 0.395 e. The number of aromatic nitrogens is 1. The van der Waals surface area contributed by atoms with Crippen molar-refractivity contribution >= 4 is 15.8 Å². The summed E-state index contributed by atoms with van der Waals surface area (Å²) in [5, 5.41) is 16.9. The minimum atomic E-state index is -3.69. The van der Waals surface area contributed by atoms with Crippen LogP contribution in [0.25, 0.3) is 0 Å². The van der Waals surface area contributed by atoms with E-state index in [1.165, 1.54) is 12.3 Å². The van der Waals surface area contributed by atoms with Crippen LogP contribution in [0.3, 0.4) is 0 Å². The van der Waals surface area contributed by atoms with Gasteiger partial charge in [0.1, 0.15) is 5.82 Å². The van der Waals surface area contributed by atoms with Gasteiger partial charge in [-0.25, -0.2) is 13.4 Å². The molecule has 6 nitrogen and oxygen atoms in total. The van der Waals surface area contributed by atoms with Crippen molar-refractivity contribution in [2.45, 2.75) is 6.42 Å². The SMILES string of the molecule is N#CCS(=O)(=O)Nc1cc(C#CCCO)ccn1. The van der Waals surface area contributed by atoms with Crippen molar-refractivity contribution in [3.05, 3.63) is 23.9 Å². The Hall–Kier alpha value is -2.09. The fourth-order valence-corrected chi connectivity index (χ4v) is 1.74. The number of nitrogens with one attached hydrogen (secondary N) is 1. The van der Waals surface area contributed by atoms with Gasteiger partial charge in [0.25, 0.3) is 0 Å². The summed E-state index contributed by atoms with van der Waals surface area (Å²) in [4.78, 5) is 3.82. The maximum absolute atomic E-state index is 11.3. The topological polar surface area (TPSA) is 103 Å². The number of hydrogen-bond donors (Lipinski definition) is 2. The summed E-state index contributed by atoms with van der Waals surface area (Å²) in [6, 6.07) is 4.63. The predicted octanol–water partition coefficient (Wildman–Crippen LogP) is 0.0808. The Morgan fingerprint density at radius 3 is 2.94 bits per heavy atom. The van der Waals surface area contributed by atoms with Crippen LogP contribution in [0.15, 0.2) is 18.3 Å². The second-order valence-corrected chi connectivity index (χ2v) is 4.95. The first-order valence-electron chi connectivity index (χ1n) is 5.00. The molecule has 0 aliphatic heterocycles. The van der Waals surface area contributed by atoms with Crippen LogP contribution in [-0.2, 0) is 10.0 Å². The van der Waals surface area contributed by atoms with Crippen LogP contribution >= 0.6 is 0 Å². The summed E-state index contributed by atoms with van der Waals surface area (Å²) in [6.07, 6.45) is 1.75. The first-order chi connectivity index (χ1) is 8.57. The van der Waals surface area contributed by atoms with Crippen molar-refractivity contribution in [3.8, 4) is 17.9 Å². The van der Waals surface area contributed by atoms with Crippen molar-refractivity contribution in [2.24, 2.45) is 0 Å². The number of aliphatic hydroxyl groups excluding tert-OH is 1. The summed E-state index contributed by atoms with van der Waals surface area (Å²) in [5.74, 6) is 4.95. The summed E-state index contributed by atoms with van der Waals surface area (Å²) in [6.45, 7) is -0.0280. The smallest absolute Gasteiger partial charge is 0.247 e. The molecule has 0 atom stereocenters. The van der Waals surface area contributed by atoms with E-state index in [2.05, 4.69) is 21.5 Å². The van der Waals surface area contributed by atoms with E-state index in [9.17, 15) is 8.42 Å². The summed E-state index contributed by atoms with van der Waals surface area (Å²) in [5.41, 5.74) is 0.577. The van der Waals surface area contributed by atoms with Crippen molar-refractivity contribution in [1.29, 1.82) is 5.26 Å². The van der Waals surface area contributed by atoms with Crippen molar-refractivity contribution < 1.29 is 13.5 Å². The van der Waals surface area contributed by atoms with E-state index in [1.807, 2.05) is 0 Å². The molecule has 1 aromatic heterocycles. The van der Waals surface area contributed by atoms with Crippen molar-refractivity contribution in [3.63, 3.8) is 0 Å². The van der Waals surface area contributed by atoms with Crippen LogP contribution in [0.2, 0.25) is 0 Å². The Morgan fingerprint density at radius 1 is 1.50 bits per heavy atom. The molecule has 0 aliphatic rings. The minimum absolute atomic E-state index is 0.0280. The average molecular weight is 265 g/mol. The van der Waals surface area contributed by atoms with Crippen LogP contribution in [-0.4, -0.2) is 30.9 Å². The van der Waals surface area contributed by atoms with Gasteiger partial charge in [0.2, 0.25) is 10.0 Å². The molecule has 0 fully saturated rings. The van der Waals surface area contributed by atoms with Gasteiger partial charge in [-0.15, -0.1) is 0 Å². The molecule has 2 N–H and O–H groups in total. The molecule has 0 spiro atoms. The van der Waals surface area contributed by atoms with Crippen LogP contribution in [0.5, 0.6) is 0 Å². The van der Waals surface area contributed by atoms with Crippen LogP contribution < -0.4 is 4.72 Å². The number of aliphatic hydroxyl groups is 1. The standard InChI is InChI=1S/C11H11N3O3S/c12-5-8-18(16,17)14-11-9-10(4-6-13-11)3-1-2-7-15/h4,6,9,15H,2,7-8H2,(H,13,14). The number of nitriles is 1. The van der Waals surface area contributed by atoms with E-state index in [4.69, 9.17) is 10.4 Å². The van der Waals surface area contributed by atoms with Gasteiger partial charge >= 0.3 is 0 Å². The molecule has 0 aromatic carbocycles. The Labute approximate surface area is 105 Å². The minimum Gasteiger partial charge on any atom is -0.395 e. The highest BCUT2D eigenvalue weighted by Gasteiger charge is 2.09. The first-order valence-corrected chi connectivity index (χ1v) is 6.66. The highest BCUT2D eigenvalue weighted by molar-refractivity contribution is 7.92.